The molecule has 0 bridgehead atoms. The van der Waals surface area contributed by atoms with Crippen molar-refractivity contribution < 1.29 is 14.1 Å². The van der Waals surface area contributed by atoms with Crippen LogP contribution in [0.15, 0.2) is 28.8 Å². The number of hydrogen-bond acceptors (Lipinski definition) is 5. The predicted molar refractivity (Wildman–Crippen MR) is 91.4 cm³/mol. The van der Waals surface area contributed by atoms with Crippen LogP contribution in [0.5, 0.6) is 5.75 Å². The normalized spacial score (nSPS) is 19.9. The van der Waals surface area contributed by atoms with Gasteiger partial charge in [0.1, 0.15) is 11.9 Å². The van der Waals surface area contributed by atoms with Gasteiger partial charge in [-0.05, 0) is 31.9 Å². The number of urea groups is 1. The average Bonchev–Trinajstić information content (AvgIpc) is 3.17. The van der Waals surface area contributed by atoms with Gasteiger partial charge in [-0.25, -0.2) is 4.79 Å². The minimum Gasteiger partial charge on any atom is -0.488 e. The second-order valence-corrected chi connectivity index (χ2v) is 6.54. The molecule has 2 aliphatic rings. The molecular formula is C18H22N4O3. The van der Waals surface area contributed by atoms with Crippen molar-refractivity contribution in [2.45, 2.75) is 38.2 Å². The van der Waals surface area contributed by atoms with E-state index in [2.05, 4.69) is 15.5 Å². The quantitative estimate of drug-likeness (QED) is 0.904. The van der Waals surface area contributed by atoms with Crippen molar-refractivity contribution >= 4 is 6.03 Å². The van der Waals surface area contributed by atoms with Gasteiger partial charge in [0.25, 0.3) is 5.89 Å². The first kappa shape index (κ1) is 15.9. The van der Waals surface area contributed by atoms with Crippen LogP contribution in [0, 0.1) is 0 Å². The molecule has 2 fully saturated rings. The number of benzene rings is 1. The molecule has 1 saturated heterocycles. The van der Waals surface area contributed by atoms with Crippen LogP contribution in [0.25, 0.3) is 11.5 Å². The largest absolute Gasteiger partial charge is 0.488 e. The van der Waals surface area contributed by atoms with E-state index in [9.17, 15) is 4.79 Å². The summed E-state index contributed by atoms with van der Waals surface area (Å²) in [7, 11) is 0. The molecular weight excluding hydrogens is 320 g/mol. The van der Waals surface area contributed by atoms with Crippen molar-refractivity contribution in [1.82, 2.24) is 20.4 Å². The topological polar surface area (TPSA) is 80.5 Å². The molecule has 0 radical (unpaired) electrons. The molecule has 1 aliphatic heterocycles. The van der Waals surface area contributed by atoms with Crippen molar-refractivity contribution in [1.29, 1.82) is 0 Å². The fourth-order valence-electron chi connectivity index (χ4n) is 3.05. The summed E-state index contributed by atoms with van der Waals surface area (Å²) < 4.78 is 11.6. The molecule has 2 aromatic rings. The van der Waals surface area contributed by atoms with E-state index in [-0.39, 0.29) is 12.1 Å². The summed E-state index contributed by atoms with van der Waals surface area (Å²) in [5.41, 5.74) is 0.804. The smallest absolute Gasteiger partial charge is 0.317 e. The Balaban J connectivity index is 1.47. The molecule has 2 heterocycles. The van der Waals surface area contributed by atoms with Crippen molar-refractivity contribution in [3.8, 4) is 17.2 Å². The van der Waals surface area contributed by atoms with Gasteiger partial charge in [-0.3, -0.25) is 0 Å². The van der Waals surface area contributed by atoms with Gasteiger partial charge < -0.3 is 19.5 Å². The molecule has 1 saturated carbocycles. The Morgan fingerprint density at radius 3 is 3.00 bits per heavy atom. The second kappa shape index (κ2) is 6.74. The maximum absolute atomic E-state index is 11.9. The number of amides is 2. The van der Waals surface area contributed by atoms with Crippen LogP contribution in [0.4, 0.5) is 4.79 Å². The summed E-state index contributed by atoms with van der Waals surface area (Å²) in [5, 5.41) is 6.91. The van der Waals surface area contributed by atoms with Gasteiger partial charge in [0.15, 0.2) is 5.82 Å². The molecule has 0 spiro atoms. The van der Waals surface area contributed by atoms with E-state index in [0.29, 0.717) is 31.4 Å². The summed E-state index contributed by atoms with van der Waals surface area (Å²) >= 11 is 0. The Bertz CT molecular complexity index is 756. The fraction of sp³-hybridized carbons (Fsp3) is 0.500. The molecule has 2 amide bonds. The Labute approximate surface area is 146 Å². The lowest BCUT2D eigenvalue weighted by atomic mass is 10.2. The number of nitrogens with zero attached hydrogens (tertiary/aromatic N) is 3. The van der Waals surface area contributed by atoms with Crippen molar-refractivity contribution in [3.63, 3.8) is 0 Å². The molecule has 1 N–H and O–H groups in total. The number of para-hydroxylation sites is 1. The average molecular weight is 342 g/mol. The van der Waals surface area contributed by atoms with Crippen LogP contribution >= 0.6 is 0 Å². The van der Waals surface area contributed by atoms with Gasteiger partial charge in [-0.15, -0.1) is 0 Å². The summed E-state index contributed by atoms with van der Waals surface area (Å²) in [6.45, 7) is 3.82. The second-order valence-electron chi connectivity index (χ2n) is 6.54. The highest BCUT2D eigenvalue weighted by atomic mass is 16.5. The molecule has 1 atom stereocenters. The SMILES string of the molecule is CCNC(=O)N1CCC(Oc2ccccc2-c2nc(C3CC3)no2)C1. The maximum Gasteiger partial charge on any atom is 0.317 e. The lowest BCUT2D eigenvalue weighted by molar-refractivity contribution is 0.187. The van der Waals surface area contributed by atoms with Crippen LogP contribution in [-0.2, 0) is 0 Å². The zero-order valence-electron chi connectivity index (χ0n) is 14.3. The number of rotatable bonds is 5. The monoisotopic (exact) mass is 342 g/mol. The molecule has 1 aromatic heterocycles. The number of aromatic nitrogens is 2. The first-order chi connectivity index (χ1) is 12.2. The fourth-order valence-corrected chi connectivity index (χ4v) is 3.05. The molecule has 7 nitrogen and oxygen atoms in total. The van der Waals surface area contributed by atoms with Crippen molar-refractivity contribution in [3.05, 3.63) is 30.1 Å². The van der Waals surface area contributed by atoms with E-state index in [0.717, 1.165) is 36.4 Å². The van der Waals surface area contributed by atoms with Crippen molar-refractivity contribution in [2.24, 2.45) is 0 Å². The maximum atomic E-state index is 11.9. The first-order valence-electron chi connectivity index (χ1n) is 8.87. The lowest BCUT2D eigenvalue weighted by Gasteiger charge is -2.18. The van der Waals surface area contributed by atoms with Crippen LogP contribution in [-0.4, -0.2) is 46.8 Å². The molecule has 132 valence electrons. The van der Waals surface area contributed by atoms with Crippen LogP contribution in [0.3, 0.4) is 0 Å². The van der Waals surface area contributed by atoms with Crippen LogP contribution in [0.1, 0.15) is 37.9 Å². The lowest BCUT2D eigenvalue weighted by Crippen LogP contribution is -2.39. The number of nitrogens with one attached hydrogen (secondary N) is 1. The van der Waals surface area contributed by atoms with Crippen LogP contribution < -0.4 is 10.1 Å². The van der Waals surface area contributed by atoms with Gasteiger partial charge in [-0.2, -0.15) is 4.98 Å². The van der Waals surface area contributed by atoms with E-state index in [1.807, 2.05) is 31.2 Å². The van der Waals surface area contributed by atoms with E-state index >= 15 is 0 Å². The number of likely N-dealkylation sites (tertiary alicyclic amines) is 1. The number of hydrogen-bond donors (Lipinski definition) is 1. The highest BCUT2D eigenvalue weighted by molar-refractivity contribution is 5.74. The Kier molecular flexibility index (Phi) is 4.29. The minimum atomic E-state index is -0.0344. The van der Waals surface area contributed by atoms with Crippen molar-refractivity contribution in [2.75, 3.05) is 19.6 Å². The number of ether oxygens (including phenoxy) is 1. The Hall–Kier alpha value is -2.57. The predicted octanol–water partition coefficient (Wildman–Crippen LogP) is 2.80. The third-order valence-electron chi connectivity index (χ3n) is 4.56. The van der Waals surface area contributed by atoms with Gasteiger partial charge in [0.2, 0.25) is 0 Å². The summed E-state index contributed by atoms with van der Waals surface area (Å²) in [6.07, 6.45) is 3.04. The standard InChI is InChI=1S/C18H22N4O3/c1-2-19-18(23)22-10-9-13(11-22)24-15-6-4-3-5-14(15)17-20-16(21-25-17)12-7-8-12/h3-6,12-13H,2,7-11H2,1H3,(H,19,23). The highest BCUT2D eigenvalue weighted by Gasteiger charge is 2.30. The minimum absolute atomic E-state index is 0.0328. The third-order valence-corrected chi connectivity index (χ3v) is 4.56. The van der Waals surface area contributed by atoms with E-state index in [1.165, 1.54) is 0 Å². The first-order valence-corrected chi connectivity index (χ1v) is 8.87. The molecule has 1 aliphatic carbocycles. The molecule has 1 unspecified atom stereocenters. The van der Waals surface area contributed by atoms with E-state index < -0.39 is 0 Å². The van der Waals surface area contributed by atoms with Gasteiger partial charge in [0.05, 0.1) is 12.1 Å². The molecule has 1 aromatic carbocycles. The number of carbonyl (C=O) groups is 1. The summed E-state index contributed by atoms with van der Waals surface area (Å²) in [5.74, 6) is 2.45. The molecule has 7 heteroatoms. The van der Waals surface area contributed by atoms with E-state index in [4.69, 9.17) is 9.26 Å². The van der Waals surface area contributed by atoms with Gasteiger partial charge in [-0.1, -0.05) is 17.3 Å². The van der Waals surface area contributed by atoms with Crippen LogP contribution in [0.2, 0.25) is 0 Å². The molecule has 25 heavy (non-hydrogen) atoms. The number of carbonyl (C=O) groups excluding carboxylic acids is 1. The molecule has 4 rings (SSSR count). The third kappa shape index (κ3) is 3.45. The van der Waals surface area contributed by atoms with Gasteiger partial charge >= 0.3 is 6.03 Å². The van der Waals surface area contributed by atoms with Gasteiger partial charge in [0, 0.05) is 25.4 Å². The highest BCUT2D eigenvalue weighted by Crippen LogP contribution is 2.39. The zero-order valence-corrected chi connectivity index (χ0v) is 14.3. The summed E-state index contributed by atoms with van der Waals surface area (Å²) in [4.78, 5) is 18.2. The van der Waals surface area contributed by atoms with E-state index in [1.54, 1.807) is 4.90 Å². The Morgan fingerprint density at radius 1 is 1.36 bits per heavy atom. The summed E-state index contributed by atoms with van der Waals surface area (Å²) in [6, 6.07) is 7.65. The zero-order chi connectivity index (χ0) is 17.2. The Morgan fingerprint density at radius 2 is 2.20 bits per heavy atom.